The summed E-state index contributed by atoms with van der Waals surface area (Å²) in [5.41, 5.74) is 7.15. The van der Waals surface area contributed by atoms with Crippen LogP contribution < -0.4 is 11.1 Å². The Balaban J connectivity index is 0.00000128. The first-order valence-electron chi connectivity index (χ1n) is 5.09. The predicted octanol–water partition coefficient (Wildman–Crippen LogP) is 1.34. The average Bonchev–Trinajstić information content (AvgIpc) is 2.96. The van der Waals surface area contributed by atoms with E-state index >= 15 is 0 Å². The van der Waals surface area contributed by atoms with Crippen LogP contribution in [0.4, 0.5) is 0 Å². The molecule has 0 saturated heterocycles. The molecule has 0 aromatic carbocycles. The molecule has 96 valence electrons. The predicted molar refractivity (Wildman–Crippen MR) is 71.5 cm³/mol. The van der Waals surface area contributed by atoms with E-state index in [1.54, 1.807) is 6.20 Å². The van der Waals surface area contributed by atoms with E-state index in [1.807, 2.05) is 19.1 Å². The van der Waals surface area contributed by atoms with Crippen LogP contribution in [0, 0.1) is 6.92 Å². The number of aryl methyl sites for hydroxylation is 1. The summed E-state index contributed by atoms with van der Waals surface area (Å²) in [6, 6.07) is 3.86. The number of nitrogens with zero attached hydrogens (tertiary/aromatic N) is 1. The molecule has 0 radical (unpaired) electrons. The maximum absolute atomic E-state index is 11.5. The van der Waals surface area contributed by atoms with Gasteiger partial charge in [-0.25, -0.2) is 0 Å². The van der Waals surface area contributed by atoms with Gasteiger partial charge >= 0.3 is 0 Å². The SMILES string of the molecule is Cc1cccnc1CNC(=O)C1(N)CC1.Cl.Cl. The first-order chi connectivity index (χ1) is 7.12. The lowest BCUT2D eigenvalue weighted by molar-refractivity contribution is -0.123. The standard InChI is InChI=1S/C11H15N3O.2ClH/c1-8-3-2-6-13-9(8)7-14-10(15)11(12)4-5-11;;/h2-3,6H,4-5,7,12H2,1H3,(H,14,15);2*1H. The number of hydrogen-bond acceptors (Lipinski definition) is 3. The molecule has 3 N–H and O–H groups in total. The van der Waals surface area contributed by atoms with Crippen molar-refractivity contribution in [1.29, 1.82) is 0 Å². The normalized spacial score (nSPS) is 15.2. The molecule has 1 heterocycles. The molecule has 4 nitrogen and oxygen atoms in total. The van der Waals surface area contributed by atoms with Gasteiger partial charge in [-0.2, -0.15) is 0 Å². The Morgan fingerprint density at radius 3 is 2.71 bits per heavy atom. The topological polar surface area (TPSA) is 68.0 Å². The second-order valence-electron chi connectivity index (χ2n) is 4.11. The minimum atomic E-state index is -0.595. The zero-order valence-corrected chi connectivity index (χ0v) is 11.2. The molecule has 0 unspecified atom stereocenters. The van der Waals surface area contributed by atoms with Gasteiger partial charge in [0.2, 0.25) is 5.91 Å². The highest BCUT2D eigenvalue weighted by Crippen LogP contribution is 2.32. The van der Waals surface area contributed by atoms with Gasteiger partial charge in [-0.15, -0.1) is 24.8 Å². The van der Waals surface area contributed by atoms with E-state index in [-0.39, 0.29) is 30.7 Å². The Morgan fingerprint density at radius 2 is 2.18 bits per heavy atom. The molecule has 17 heavy (non-hydrogen) atoms. The highest BCUT2D eigenvalue weighted by molar-refractivity contribution is 5.88. The van der Waals surface area contributed by atoms with Crippen molar-refractivity contribution in [2.75, 3.05) is 0 Å². The Labute approximate surface area is 113 Å². The van der Waals surface area contributed by atoms with Crippen LogP contribution in [0.2, 0.25) is 0 Å². The Morgan fingerprint density at radius 1 is 1.53 bits per heavy atom. The maximum atomic E-state index is 11.5. The molecule has 6 heteroatoms. The molecule has 0 aliphatic heterocycles. The van der Waals surface area contributed by atoms with E-state index in [1.165, 1.54) is 0 Å². The number of aromatic nitrogens is 1. The largest absolute Gasteiger partial charge is 0.349 e. The molecule has 1 aliphatic rings. The number of pyridine rings is 1. The van der Waals surface area contributed by atoms with Gasteiger partial charge in [0.15, 0.2) is 0 Å². The van der Waals surface area contributed by atoms with Gasteiger partial charge in [0.05, 0.1) is 17.8 Å². The van der Waals surface area contributed by atoms with Crippen LogP contribution in [0.1, 0.15) is 24.1 Å². The minimum absolute atomic E-state index is 0. The van der Waals surface area contributed by atoms with Crippen LogP contribution >= 0.6 is 24.8 Å². The third-order valence-electron chi connectivity index (χ3n) is 2.78. The minimum Gasteiger partial charge on any atom is -0.349 e. The summed E-state index contributed by atoms with van der Waals surface area (Å²) in [6.07, 6.45) is 3.31. The Bertz CT molecular complexity index is 394. The summed E-state index contributed by atoms with van der Waals surface area (Å²) in [4.78, 5) is 15.7. The zero-order valence-electron chi connectivity index (χ0n) is 9.60. The fourth-order valence-electron chi connectivity index (χ4n) is 1.41. The third-order valence-corrected chi connectivity index (χ3v) is 2.78. The molecule has 1 aromatic rings. The van der Waals surface area contributed by atoms with Gasteiger partial charge in [0.25, 0.3) is 0 Å². The number of carbonyl (C=O) groups excluding carboxylic acids is 1. The lowest BCUT2D eigenvalue weighted by Gasteiger charge is -2.10. The number of amides is 1. The van der Waals surface area contributed by atoms with Crippen molar-refractivity contribution in [3.63, 3.8) is 0 Å². The highest BCUT2D eigenvalue weighted by atomic mass is 35.5. The number of rotatable bonds is 3. The number of nitrogens with two attached hydrogens (primary N) is 1. The monoisotopic (exact) mass is 277 g/mol. The van der Waals surface area contributed by atoms with Crippen molar-refractivity contribution in [2.24, 2.45) is 5.73 Å². The molecule has 1 amide bonds. The molecular weight excluding hydrogens is 261 g/mol. The number of carbonyl (C=O) groups is 1. The smallest absolute Gasteiger partial charge is 0.240 e. The van der Waals surface area contributed by atoms with Crippen LogP contribution in [0.5, 0.6) is 0 Å². The molecule has 2 rings (SSSR count). The van der Waals surface area contributed by atoms with Gasteiger partial charge in [-0.3, -0.25) is 9.78 Å². The van der Waals surface area contributed by atoms with E-state index < -0.39 is 5.54 Å². The number of hydrogen-bond donors (Lipinski definition) is 2. The second-order valence-corrected chi connectivity index (χ2v) is 4.11. The highest BCUT2D eigenvalue weighted by Gasteiger charge is 2.45. The summed E-state index contributed by atoms with van der Waals surface area (Å²) < 4.78 is 0. The van der Waals surface area contributed by atoms with E-state index in [2.05, 4.69) is 10.3 Å². The molecule has 1 aliphatic carbocycles. The van der Waals surface area contributed by atoms with Crippen LogP contribution in [0.3, 0.4) is 0 Å². The summed E-state index contributed by atoms with van der Waals surface area (Å²) in [5, 5.41) is 2.82. The van der Waals surface area contributed by atoms with Crippen molar-refractivity contribution in [3.05, 3.63) is 29.6 Å². The first kappa shape index (κ1) is 16.2. The molecule has 0 bridgehead atoms. The van der Waals surface area contributed by atoms with Crippen LogP contribution in [0.25, 0.3) is 0 Å². The van der Waals surface area contributed by atoms with E-state index in [0.29, 0.717) is 6.54 Å². The fraction of sp³-hybridized carbons (Fsp3) is 0.455. The Kier molecular flexibility index (Phi) is 5.88. The lowest BCUT2D eigenvalue weighted by Crippen LogP contribution is -2.42. The summed E-state index contributed by atoms with van der Waals surface area (Å²) in [7, 11) is 0. The van der Waals surface area contributed by atoms with Crippen LogP contribution in [0.15, 0.2) is 18.3 Å². The lowest BCUT2D eigenvalue weighted by atomic mass is 10.2. The number of nitrogens with one attached hydrogen (secondary N) is 1. The van der Waals surface area contributed by atoms with Crippen molar-refractivity contribution in [3.8, 4) is 0 Å². The molecular formula is C11H17Cl2N3O. The summed E-state index contributed by atoms with van der Waals surface area (Å²) in [6.45, 7) is 2.44. The van der Waals surface area contributed by atoms with Gasteiger partial charge in [0, 0.05) is 6.20 Å². The van der Waals surface area contributed by atoms with E-state index in [9.17, 15) is 4.79 Å². The zero-order chi connectivity index (χ0) is 10.9. The molecule has 1 aromatic heterocycles. The maximum Gasteiger partial charge on any atom is 0.240 e. The van der Waals surface area contributed by atoms with Crippen LogP contribution in [-0.2, 0) is 11.3 Å². The summed E-state index contributed by atoms with van der Waals surface area (Å²) >= 11 is 0. The first-order valence-corrected chi connectivity index (χ1v) is 5.09. The van der Waals surface area contributed by atoms with Crippen molar-refractivity contribution >= 4 is 30.7 Å². The van der Waals surface area contributed by atoms with Gasteiger partial charge in [0.1, 0.15) is 0 Å². The van der Waals surface area contributed by atoms with Gasteiger partial charge < -0.3 is 11.1 Å². The van der Waals surface area contributed by atoms with Gasteiger partial charge in [-0.05, 0) is 31.4 Å². The molecule has 0 atom stereocenters. The van der Waals surface area contributed by atoms with E-state index in [0.717, 1.165) is 24.1 Å². The van der Waals surface area contributed by atoms with E-state index in [4.69, 9.17) is 5.73 Å². The van der Waals surface area contributed by atoms with Crippen LogP contribution in [-0.4, -0.2) is 16.4 Å². The van der Waals surface area contributed by atoms with Gasteiger partial charge in [-0.1, -0.05) is 6.07 Å². The summed E-state index contributed by atoms with van der Waals surface area (Å²) in [5.74, 6) is -0.0625. The molecule has 1 fully saturated rings. The fourth-order valence-corrected chi connectivity index (χ4v) is 1.41. The quantitative estimate of drug-likeness (QED) is 0.876. The number of halogens is 2. The third kappa shape index (κ3) is 3.84. The van der Waals surface area contributed by atoms with Crippen molar-refractivity contribution in [2.45, 2.75) is 31.8 Å². The Hall–Kier alpha value is -0.840. The average molecular weight is 278 g/mol. The molecule has 1 saturated carbocycles. The van der Waals surface area contributed by atoms with Crippen molar-refractivity contribution < 1.29 is 4.79 Å². The second kappa shape index (κ2) is 6.19. The molecule has 0 spiro atoms. The van der Waals surface area contributed by atoms with Crippen molar-refractivity contribution in [1.82, 2.24) is 10.3 Å².